The highest BCUT2D eigenvalue weighted by atomic mass is 32.2. The van der Waals surface area contributed by atoms with Crippen molar-refractivity contribution in [3.05, 3.63) is 24.3 Å². The molecule has 2 N–H and O–H groups in total. The molecular formula is C19H30N4O4S. The molecule has 1 saturated heterocycles. The van der Waals surface area contributed by atoms with Crippen LogP contribution in [0.4, 0.5) is 5.69 Å². The second-order valence-electron chi connectivity index (χ2n) is 6.82. The Morgan fingerprint density at radius 2 is 1.75 bits per heavy atom. The van der Waals surface area contributed by atoms with Gasteiger partial charge in [0, 0.05) is 25.3 Å². The maximum absolute atomic E-state index is 12.6. The van der Waals surface area contributed by atoms with Gasteiger partial charge in [-0.1, -0.05) is 6.92 Å². The Kier molecular flexibility index (Phi) is 7.97. The van der Waals surface area contributed by atoms with Gasteiger partial charge in [0.1, 0.15) is 0 Å². The Balaban J connectivity index is 2.00. The van der Waals surface area contributed by atoms with Crippen molar-refractivity contribution in [1.29, 1.82) is 0 Å². The first-order chi connectivity index (χ1) is 13.3. The third-order valence-corrected chi connectivity index (χ3v) is 6.79. The summed E-state index contributed by atoms with van der Waals surface area (Å²) < 4.78 is 26.6. The third-order valence-electron chi connectivity index (χ3n) is 4.88. The molecule has 0 aromatic heterocycles. The lowest BCUT2D eigenvalue weighted by Gasteiger charge is -2.26. The van der Waals surface area contributed by atoms with Crippen LogP contribution in [0.25, 0.3) is 0 Å². The quantitative estimate of drug-likeness (QED) is 0.639. The molecule has 1 fully saturated rings. The zero-order valence-corrected chi connectivity index (χ0v) is 17.6. The lowest BCUT2D eigenvalue weighted by molar-refractivity contribution is -0.125. The average Bonchev–Trinajstić information content (AvgIpc) is 3.22. The normalized spacial score (nSPS) is 16.1. The Bertz CT molecular complexity index is 774. The predicted octanol–water partition coefficient (Wildman–Crippen LogP) is 1.26. The fourth-order valence-electron chi connectivity index (χ4n) is 3.16. The van der Waals surface area contributed by atoms with Crippen LogP contribution in [0.1, 0.15) is 33.6 Å². The summed E-state index contributed by atoms with van der Waals surface area (Å²) in [4.78, 5) is 26.3. The SMILES string of the molecule is CCNC(=O)CN(CC)[C@@H](C)C(=O)Nc1ccc(S(=O)(=O)N2CCCC2)cc1. The van der Waals surface area contributed by atoms with Crippen LogP contribution in [0.5, 0.6) is 0 Å². The Labute approximate surface area is 167 Å². The minimum Gasteiger partial charge on any atom is -0.355 e. The molecule has 156 valence electrons. The number of anilines is 1. The highest BCUT2D eigenvalue weighted by molar-refractivity contribution is 7.89. The van der Waals surface area contributed by atoms with Gasteiger partial charge in [0.05, 0.1) is 17.5 Å². The van der Waals surface area contributed by atoms with Gasteiger partial charge < -0.3 is 10.6 Å². The molecule has 0 unspecified atom stereocenters. The summed E-state index contributed by atoms with van der Waals surface area (Å²) in [6.45, 7) is 7.82. The second-order valence-corrected chi connectivity index (χ2v) is 8.76. The highest BCUT2D eigenvalue weighted by Gasteiger charge is 2.27. The standard InChI is InChI=1S/C19H30N4O4S/c1-4-20-18(24)14-22(5-2)15(3)19(25)21-16-8-10-17(11-9-16)28(26,27)23-12-6-7-13-23/h8-11,15H,4-7,12-14H2,1-3H3,(H,20,24)(H,21,25)/t15-/m0/s1. The molecule has 1 aromatic carbocycles. The van der Waals surface area contributed by atoms with Crippen molar-refractivity contribution in [2.75, 3.05) is 38.0 Å². The van der Waals surface area contributed by atoms with Gasteiger partial charge in [0.15, 0.2) is 0 Å². The molecule has 1 aliphatic rings. The van der Waals surface area contributed by atoms with Crippen LogP contribution in [-0.2, 0) is 19.6 Å². The minimum absolute atomic E-state index is 0.125. The number of amides is 2. The van der Waals surface area contributed by atoms with E-state index in [2.05, 4.69) is 10.6 Å². The second kappa shape index (κ2) is 9.99. The molecule has 1 atom stereocenters. The van der Waals surface area contributed by atoms with Gasteiger partial charge >= 0.3 is 0 Å². The van der Waals surface area contributed by atoms with Gasteiger partial charge in [-0.05, 0) is 57.5 Å². The highest BCUT2D eigenvalue weighted by Crippen LogP contribution is 2.22. The molecule has 1 aliphatic heterocycles. The molecule has 9 heteroatoms. The number of carbonyl (C=O) groups excluding carboxylic acids is 2. The first kappa shape index (κ1) is 22.3. The predicted molar refractivity (Wildman–Crippen MR) is 108 cm³/mol. The first-order valence-electron chi connectivity index (χ1n) is 9.71. The summed E-state index contributed by atoms with van der Waals surface area (Å²) in [6, 6.07) is 5.71. The van der Waals surface area contributed by atoms with E-state index in [1.165, 1.54) is 16.4 Å². The summed E-state index contributed by atoms with van der Waals surface area (Å²) in [6.07, 6.45) is 1.77. The van der Waals surface area contributed by atoms with Crippen molar-refractivity contribution in [2.24, 2.45) is 0 Å². The van der Waals surface area contributed by atoms with Crippen molar-refractivity contribution in [3.63, 3.8) is 0 Å². The smallest absolute Gasteiger partial charge is 0.243 e. The van der Waals surface area contributed by atoms with Crippen LogP contribution in [0.2, 0.25) is 0 Å². The Hall–Kier alpha value is -1.97. The van der Waals surface area contributed by atoms with E-state index in [0.29, 0.717) is 31.9 Å². The van der Waals surface area contributed by atoms with Crippen molar-refractivity contribution in [3.8, 4) is 0 Å². The molecule has 1 heterocycles. The molecule has 8 nitrogen and oxygen atoms in total. The van der Waals surface area contributed by atoms with Crippen LogP contribution >= 0.6 is 0 Å². The molecule has 2 amide bonds. The van der Waals surface area contributed by atoms with Gasteiger partial charge in [0.25, 0.3) is 0 Å². The Morgan fingerprint density at radius 1 is 1.14 bits per heavy atom. The largest absolute Gasteiger partial charge is 0.355 e. The van der Waals surface area contributed by atoms with Gasteiger partial charge in [-0.2, -0.15) is 4.31 Å². The fourth-order valence-corrected chi connectivity index (χ4v) is 4.68. The van der Waals surface area contributed by atoms with E-state index in [4.69, 9.17) is 0 Å². The number of hydrogen-bond acceptors (Lipinski definition) is 5. The number of nitrogens with zero attached hydrogens (tertiary/aromatic N) is 2. The molecule has 0 spiro atoms. The first-order valence-corrected chi connectivity index (χ1v) is 11.2. The molecule has 28 heavy (non-hydrogen) atoms. The van der Waals surface area contributed by atoms with Crippen molar-refractivity contribution in [1.82, 2.24) is 14.5 Å². The zero-order valence-electron chi connectivity index (χ0n) is 16.8. The number of carbonyl (C=O) groups is 2. The number of hydrogen-bond donors (Lipinski definition) is 2. The number of rotatable bonds is 9. The average molecular weight is 411 g/mol. The van der Waals surface area contributed by atoms with E-state index in [1.54, 1.807) is 24.0 Å². The summed E-state index contributed by atoms with van der Waals surface area (Å²) >= 11 is 0. The molecular weight excluding hydrogens is 380 g/mol. The zero-order chi connectivity index (χ0) is 20.7. The van der Waals surface area contributed by atoms with E-state index in [1.807, 2.05) is 13.8 Å². The van der Waals surface area contributed by atoms with Gasteiger partial charge in [-0.25, -0.2) is 8.42 Å². The van der Waals surface area contributed by atoms with Gasteiger partial charge in [-0.3, -0.25) is 14.5 Å². The summed E-state index contributed by atoms with van der Waals surface area (Å²) in [5, 5.41) is 5.51. The van der Waals surface area contributed by atoms with Crippen LogP contribution in [-0.4, -0.2) is 68.2 Å². The summed E-state index contributed by atoms with van der Waals surface area (Å²) in [7, 11) is -3.47. The van der Waals surface area contributed by atoms with Crippen LogP contribution < -0.4 is 10.6 Å². The van der Waals surface area contributed by atoms with Crippen LogP contribution in [0.3, 0.4) is 0 Å². The van der Waals surface area contributed by atoms with E-state index in [9.17, 15) is 18.0 Å². The van der Waals surface area contributed by atoms with Crippen molar-refractivity contribution >= 4 is 27.5 Å². The number of nitrogens with one attached hydrogen (secondary N) is 2. The molecule has 0 aliphatic carbocycles. The van der Waals surface area contributed by atoms with Crippen molar-refractivity contribution in [2.45, 2.75) is 44.6 Å². The lowest BCUT2D eigenvalue weighted by Crippen LogP contribution is -2.46. The maximum Gasteiger partial charge on any atom is 0.243 e. The van der Waals surface area contributed by atoms with Crippen LogP contribution in [0.15, 0.2) is 29.2 Å². The summed E-state index contributed by atoms with van der Waals surface area (Å²) in [5.74, 6) is -0.373. The van der Waals surface area contributed by atoms with E-state index in [-0.39, 0.29) is 23.3 Å². The number of likely N-dealkylation sites (N-methyl/N-ethyl adjacent to an activating group) is 2. The third kappa shape index (κ3) is 5.52. The molecule has 0 saturated carbocycles. The van der Waals surface area contributed by atoms with Crippen molar-refractivity contribution < 1.29 is 18.0 Å². The number of benzene rings is 1. The maximum atomic E-state index is 12.6. The minimum atomic E-state index is -3.47. The molecule has 1 aromatic rings. The van der Waals surface area contributed by atoms with Crippen LogP contribution in [0, 0.1) is 0 Å². The lowest BCUT2D eigenvalue weighted by atomic mass is 10.2. The fraction of sp³-hybridized carbons (Fsp3) is 0.579. The van der Waals surface area contributed by atoms with E-state index >= 15 is 0 Å². The summed E-state index contributed by atoms with van der Waals surface area (Å²) in [5.41, 5.74) is 0.520. The number of sulfonamides is 1. The monoisotopic (exact) mass is 410 g/mol. The van der Waals surface area contributed by atoms with E-state index < -0.39 is 16.1 Å². The molecule has 2 rings (SSSR count). The van der Waals surface area contributed by atoms with Gasteiger partial charge in [-0.15, -0.1) is 0 Å². The molecule has 0 radical (unpaired) electrons. The van der Waals surface area contributed by atoms with E-state index in [0.717, 1.165) is 12.8 Å². The Morgan fingerprint density at radius 3 is 2.29 bits per heavy atom. The van der Waals surface area contributed by atoms with Gasteiger partial charge in [0.2, 0.25) is 21.8 Å². The topological polar surface area (TPSA) is 98.8 Å². The molecule has 0 bridgehead atoms.